The minimum atomic E-state index is -0.286. The van der Waals surface area contributed by atoms with Gasteiger partial charge in [0.25, 0.3) is 0 Å². The van der Waals surface area contributed by atoms with Crippen LogP contribution in [0, 0.1) is 11.8 Å². The van der Waals surface area contributed by atoms with Crippen LogP contribution in [0.2, 0.25) is 0 Å². The molecule has 0 bridgehead atoms. The number of fused-ring (bicyclic) bond motifs is 1. The van der Waals surface area contributed by atoms with Crippen LogP contribution in [0.5, 0.6) is 0 Å². The van der Waals surface area contributed by atoms with Crippen molar-refractivity contribution in [3.63, 3.8) is 0 Å². The van der Waals surface area contributed by atoms with Crippen LogP contribution in [-0.4, -0.2) is 24.1 Å². The monoisotopic (exact) mass is 292 g/mol. The molecule has 1 aliphatic carbocycles. The zero-order valence-corrected chi connectivity index (χ0v) is 13.2. The van der Waals surface area contributed by atoms with Gasteiger partial charge in [-0.3, -0.25) is 9.59 Å². The SMILES string of the molecule is CC(=O)O[C@H]1C[C@H]2[C@H](C)C(=O)O[C@@H]2/C=C(\C)CC/C=C/1C. The fourth-order valence-electron chi connectivity index (χ4n) is 3.08. The first-order valence-electron chi connectivity index (χ1n) is 7.60. The van der Waals surface area contributed by atoms with Crippen molar-refractivity contribution >= 4 is 11.9 Å². The third kappa shape index (κ3) is 3.74. The van der Waals surface area contributed by atoms with Gasteiger partial charge in [0.05, 0.1) is 5.92 Å². The highest BCUT2D eigenvalue weighted by Gasteiger charge is 2.42. The number of hydrogen-bond acceptors (Lipinski definition) is 4. The van der Waals surface area contributed by atoms with E-state index in [1.807, 2.05) is 13.8 Å². The van der Waals surface area contributed by atoms with Crippen molar-refractivity contribution in [2.45, 2.75) is 59.2 Å². The lowest BCUT2D eigenvalue weighted by Crippen LogP contribution is -2.28. The molecule has 2 aliphatic rings. The Balaban J connectivity index is 2.29. The molecule has 1 heterocycles. The minimum absolute atomic E-state index is 0.0539. The maximum Gasteiger partial charge on any atom is 0.309 e. The summed E-state index contributed by atoms with van der Waals surface area (Å²) in [6, 6.07) is 0. The molecule has 1 fully saturated rings. The second-order valence-corrected chi connectivity index (χ2v) is 6.19. The van der Waals surface area contributed by atoms with Crippen molar-refractivity contribution in [3.05, 3.63) is 23.3 Å². The topological polar surface area (TPSA) is 52.6 Å². The molecule has 0 radical (unpaired) electrons. The van der Waals surface area contributed by atoms with Crippen molar-refractivity contribution in [1.29, 1.82) is 0 Å². The number of carbonyl (C=O) groups excluding carboxylic acids is 2. The minimum Gasteiger partial charge on any atom is -0.458 e. The van der Waals surface area contributed by atoms with Crippen molar-refractivity contribution in [2.75, 3.05) is 0 Å². The van der Waals surface area contributed by atoms with E-state index in [2.05, 4.69) is 19.1 Å². The summed E-state index contributed by atoms with van der Waals surface area (Å²) in [4.78, 5) is 23.2. The summed E-state index contributed by atoms with van der Waals surface area (Å²) in [5, 5.41) is 0. The number of esters is 2. The third-order valence-corrected chi connectivity index (χ3v) is 4.44. The molecule has 21 heavy (non-hydrogen) atoms. The Labute approximate surface area is 126 Å². The highest BCUT2D eigenvalue weighted by atomic mass is 16.6. The molecular weight excluding hydrogens is 268 g/mol. The van der Waals surface area contributed by atoms with Gasteiger partial charge in [0.15, 0.2) is 0 Å². The molecule has 116 valence electrons. The van der Waals surface area contributed by atoms with Crippen LogP contribution in [0.1, 0.15) is 47.0 Å². The molecular formula is C17H24O4. The van der Waals surface area contributed by atoms with E-state index in [9.17, 15) is 9.59 Å². The largest absolute Gasteiger partial charge is 0.458 e. The smallest absolute Gasteiger partial charge is 0.309 e. The molecule has 2 rings (SSSR count). The van der Waals surface area contributed by atoms with Gasteiger partial charge in [-0.25, -0.2) is 0 Å². The standard InChI is InChI=1S/C17H24O4/c1-10-6-5-7-11(2)15(20-13(4)18)9-14-12(3)17(19)21-16(14)8-10/h7-8,12,14-16H,5-6,9H2,1-4H3/b10-8+,11-7+/t12-,14-,15-,16+/m0/s1. The fourth-order valence-corrected chi connectivity index (χ4v) is 3.08. The lowest BCUT2D eigenvalue weighted by molar-refractivity contribution is -0.145. The van der Waals surface area contributed by atoms with Gasteiger partial charge in [-0.15, -0.1) is 0 Å². The molecule has 0 spiro atoms. The molecule has 0 aromatic heterocycles. The van der Waals surface area contributed by atoms with E-state index in [0.717, 1.165) is 18.4 Å². The third-order valence-electron chi connectivity index (χ3n) is 4.44. The summed E-state index contributed by atoms with van der Waals surface area (Å²) in [5.74, 6) is -0.551. The quantitative estimate of drug-likeness (QED) is 0.550. The summed E-state index contributed by atoms with van der Waals surface area (Å²) < 4.78 is 11.0. The van der Waals surface area contributed by atoms with Crippen LogP contribution in [-0.2, 0) is 19.1 Å². The maximum atomic E-state index is 11.9. The second kappa shape index (κ2) is 6.46. The van der Waals surface area contributed by atoms with Crippen molar-refractivity contribution in [1.82, 2.24) is 0 Å². The molecule has 0 unspecified atom stereocenters. The Morgan fingerprint density at radius 1 is 1.38 bits per heavy atom. The van der Waals surface area contributed by atoms with Crippen LogP contribution >= 0.6 is 0 Å². The van der Waals surface area contributed by atoms with Gasteiger partial charge in [0.1, 0.15) is 12.2 Å². The number of hydrogen-bond donors (Lipinski definition) is 0. The lowest BCUT2D eigenvalue weighted by Gasteiger charge is -2.25. The second-order valence-electron chi connectivity index (χ2n) is 6.19. The summed E-state index contributed by atoms with van der Waals surface area (Å²) >= 11 is 0. The zero-order chi connectivity index (χ0) is 15.6. The summed E-state index contributed by atoms with van der Waals surface area (Å²) in [6.45, 7) is 7.38. The number of ether oxygens (including phenoxy) is 2. The molecule has 0 N–H and O–H groups in total. The van der Waals surface area contributed by atoms with Gasteiger partial charge < -0.3 is 9.47 Å². The fraction of sp³-hybridized carbons (Fsp3) is 0.647. The van der Waals surface area contributed by atoms with Crippen LogP contribution in [0.3, 0.4) is 0 Å². The van der Waals surface area contributed by atoms with E-state index in [-0.39, 0.29) is 36.0 Å². The lowest BCUT2D eigenvalue weighted by atomic mass is 9.83. The summed E-state index contributed by atoms with van der Waals surface area (Å²) in [7, 11) is 0. The van der Waals surface area contributed by atoms with Gasteiger partial charge in [-0.05, 0) is 44.8 Å². The zero-order valence-electron chi connectivity index (χ0n) is 13.2. The average Bonchev–Trinajstić information content (AvgIpc) is 2.64. The molecule has 1 aliphatic heterocycles. The molecule has 4 heteroatoms. The summed E-state index contributed by atoms with van der Waals surface area (Å²) in [5.41, 5.74) is 2.30. The van der Waals surface area contributed by atoms with Crippen molar-refractivity contribution in [3.8, 4) is 0 Å². The first kappa shape index (κ1) is 15.8. The predicted molar refractivity (Wildman–Crippen MR) is 79.5 cm³/mol. The van der Waals surface area contributed by atoms with Crippen LogP contribution in [0.4, 0.5) is 0 Å². The van der Waals surface area contributed by atoms with Crippen LogP contribution in [0.25, 0.3) is 0 Å². The first-order chi connectivity index (χ1) is 9.88. The summed E-state index contributed by atoms with van der Waals surface area (Å²) in [6.07, 6.45) is 6.20. The Kier molecular flexibility index (Phi) is 4.86. The predicted octanol–water partition coefficient (Wildman–Crippen LogP) is 3.17. The molecule has 0 amide bonds. The van der Waals surface area contributed by atoms with Gasteiger partial charge >= 0.3 is 11.9 Å². The van der Waals surface area contributed by atoms with Crippen LogP contribution in [0.15, 0.2) is 23.3 Å². The molecule has 0 aromatic carbocycles. The van der Waals surface area contributed by atoms with E-state index in [4.69, 9.17) is 9.47 Å². The Hall–Kier alpha value is -1.58. The van der Waals surface area contributed by atoms with Crippen molar-refractivity contribution < 1.29 is 19.1 Å². The molecule has 0 aromatic rings. The van der Waals surface area contributed by atoms with E-state index >= 15 is 0 Å². The van der Waals surface area contributed by atoms with E-state index < -0.39 is 0 Å². The highest BCUT2D eigenvalue weighted by Crippen LogP contribution is 2.36. The van der Waals surface area contributed by atoms with Gasteiger partial charge in [-0.2, -0.15) is 0 Å². The van der Waals surface area contributed by atoms with Gasteiger partial charge in [0.2, 0.25) is 0 Å². The molecule has 4 nitrogen and oxygen atoms in total. The van der Waals surface area contributed by atoms with Crippen LogP contribution < -0.4 is 0 Å². The van der Waals surface area contributed by atoms with E-state index in [0.29, 0.717) is 6.42 Å². The highest BCUT2D eigenvalue weighted by molar-refractivity contribution is 5.75. The Morgan fingerprint density at radius 3 is 2.76 bits per heavy atom. The number of carbonyl (C=O) groups is 2. The number of rotatable bonds is 1. The first-order valence-corrected chi connectivity index (χ1v) is 7.60. The van der Waals surface area contributed by atoms with Gasteiger partial charge in [0, 0.05) is 12.8 Å². The van der Waals surface area contributed by atoms with E-state index in [1.165, 1.54) is 12.5 Å². The molecule has 4 atom stereocenters. The number of allylic oxidation sites excluding steroid dienone is 2. The average molecular weight is 292 g/mol. The Morgan fingerprint density at radius 2 is 2.10 bits per heavy atom. The molecule has 1 saturated heterocycles. The van der Waals surface area contributed by atoms with Gasteiger partial charge in [-0.1, -0.05) is 18.6 Å². The molecule has 0 saturated carbocycles. The Bertz CT molecular complexity index is 489. The normalized spacial score (nSPS) is 38.4. The van der Waals surface area contributed by atoms with E-state index in [1.54, 1.807) is 0 Å². The maximum absolute atomic E-state index is 11.9. The van der Waals surface area contributed by atoms with Crippen molar-refractivity contribution in [2.24, 2.45) is 11.8 Å².